The molecule has 0 fully saturated rings. The van der Waals surface area contributed by atoms with Gasteiger partial charge < -0.3 is 14.8 Å². The Morgan fingerprint density at radius 2 is 1.60 bits per heavy atom. The number of hydrogen-bond donors (Lipinski definition) is 2. The van der Waals surface area contributed by atoms with Crippen molar-refractivity contribution in [2.75, 3.05) is 7.11 Å². The van der Waals surface area contributed by atoms with Gasteiger partial charge in [-0.15, -0.1) is 13.2 Å². The fraction of sp³-hybridized carbons (Fsp3) is 0.500. The number of esters is 1. The Balaban J connectivity index is 0. The van der Waals surface area contributed by atoms with Gasteiger partial charge in [0.05, 0.1) is 7.11 Å². The molecule has 11 heteroatoms. The highest BCUT2D eigenvalue weighted by Gasteiger charge is 2.37. The maximum absolute atomic E-state index is 11.2. The molecule has 0 aliphatic carbocycles. The van der Waals surface area contributed by atoms with Gasteiger partial charge in [-0.05, 0) is 0 Å². The second kappa shape index (κ2) is 8.02. The Morgan fingerprint density at radius 3 is 1.87 bits per heavy atom. The summed E-state index contributed by atoms with van der Waals surface area (Å²) < 4.78 is 36.3. The van der Waals surface area contributed by atoms with E-state index in [1.165, 1.54) is 0 Å². The van der Waals surface area contributed by atoms with Crippen molar-refractivity contribution in [3.8, 4) is 0 Å². The van der Waals surface area contributed by atoms with E-state index < -0.39 is 18.3 Å². The summed E-state index contributed by atoms with van der Waals surface area (Å²) in [5, 5.41) is 14.0. The van der Waals surface area contributed by atoms with Gasteiger partial charge in [0.15, 0.2) is 0 Å². The molecule has 0 heterocycles. The molecule has 87 valence electrons. The molecule has 0 aromatic carbocycles. The van der Waals surface area contributed by atoms with Crippen LogP contribution >= 0.6 is 0 Å². The Kier molecular flexibility index (Phi) is 8.62. The summed E-state index contributed by atoms with van der Waals surface area (Å²) in [4.78, 5) is 27.2. The quantitative estimate of drug-likeness (QED) is 0.190. The average Bonchev–Trinajstić information content (AvgIpc) is 2.02. The monoisotopic (exact) mass is 233 g/mol. The largest absolute Gasteiger partial charge is 0.575 e. The Morgan fingerprint density at radius 1 is 1.20 bits per heavy atom. The van der Waals surface area contributed by atoms with Crippen LogP contribution in [-0.2, 0) is 24.1 Å². The van der Waals surface area contributed by atoms with Crippen molar-refractivity contribution < 1.29 is 47.3 Å². The summed E-state index contributed by atoms with van der Waals surface area (Å²) in [6, 6.07) is 0. The summed E-state index contributed by atoms with van der Waals surface area (Å²) in [5.74, 6) is -4.07. The van der Waals surface area contributed by atoms with Crippen LogP contribution in [0, 0.1) is 0 Å². The molecule has 0 unspecified atom stereocenters. The molecular weight excluding hydrogens is 228 g/mol. The summed E-state index contributed by atoms with van der Waals surface area (Å²) in [6.45, 7) is 0. The fourth-order valence-corrected chi connectivity index (χ4v) is 0.256. The third-order valence-corrected chi connectivity index (χ3v) is 0.534. The van der Waals surface area contributed by atoms with E-state index in [1.807, 2.05) is 0 Å². The zero-order valence-corrected chi connectivity index (χ0v) is 7.15. The van der Waals surface area contributed by atoms with Crippen molar-refractivity contribution in [1.82, 2.24) is 0 Å². The summed E-state index contributed by atoms with van der Waals surface area (Å²) >= 11 is 0. The maximum atomic E-state index is 11.2. The van der Waals surface area contributed by atoms with Gasteiger partial charge in [-0.1, -0.05) is 0 Å². The lowest BCUT2D eigenvalue weighted by molar-refractivity contribution is -0.311. The van der Waals surface area contributed by atoms with Crippen molar-refractivity contribution in [3.05, 3.63) is 0 Å². The first-order valence-corrected chi connectivity index (χ1v) is 2.93. The molecule has 7 nitrogen and oxygen atoms in total. The molecule has 0 atom stereocenters. The molecule has 0 aliphatic heterocycles. The zero-order chi connectivity index (χ0) is 12.5. The van der Waals surface area contributed by atoms with Gasteiger partial charge >= 0.3 is 26.0 Å². The first-order valence-electron chi connectivity index (χ1n) is 2.93. The van der Waals surface area contributed by atoms with Crippen LogP contribution in [0.3, 0.4) is 0 Å². The van der Waals surface area contributed by atoms with E-state index in [4.69, 9.17) is 10.0 Å². The summed E-state index contributed by atoms with van der Waals surface area (Å²) in [6.07, 6.45) is -5.20. The maximum Gasteiger partial charge on any atom is 0.575 e. The van der Waals surface area contributed by atoms with E-state index in [0.717, 1.165) is 7.11 Å². The van der Waals surface area contributed by atoms with Gasteiger partial charge in [-0.2, -0.15) is 4.89 Å². The Hall–Kier alpha value is -1.33. The van der Waals surface area contributed by atoms with Gasteiger partial charge in [-0.3, -0.25) is 4.89 Å². The molecule has 2 N–H and O–H groups in total. The molecule has 0 aliphatic rings. The topological polar surface area (TPSA) is 102 Å². The van der Waals surface area contributed by atoms with E-state index >= 15 is 0 Å². The highest BCUT2D eigenvalue weighted by atomic mass is 19.4. The number of hydrogen-bond acceptors (Lipinski definition) is 7. The van der Waals surface area contributed by atoms with Crippen LogP contribution < -0.4 is 0 Å². The normalized spacial score (nSPS) is 9.47. The molecule has 0 saturated heterocycles. The van der Waals surface area contributed by atoms with Crippen LogP contribution in [0.25, 0.3) is 0 Å². The van der Waals surface area contributed by atoms with E-state index in [2.05, 4.69) is 14.5 Å². The van der Waals surface area contributed by atoms with Crippen molar-refractivity contribution in [1.29, 1.82) is 0 Å². The Labute approximate surface area is 81.6 Å². The lowest BCUT2D eigenvalue weighted by Crippen LogP contribution is -2.27. The molecule has 1 radical (unpaired) electrons. The molecule has 0 aromatic heterocycles. The van der Waals surface area contributed by atoms with Crippen LogP contribution in [0.5, 0.6) is 0 Å². The van der Waals surface area contributed by atoms with E-state index in [-0.39, 0.29) is 7.69 Å². The SMILES string of the molecule is COOC(=O)C(=O)OC(F)(F)F.O[B]O. The molecule has 0 saturated carbocycles. The van der Waals surface area contributed by atoms with Crippen molar-refractivity contribution in [2.24, 2.45) is 0 Å². The summed E-state index contributed by atoms with van der Waals surface area (Å²) in [7, 11) is 0.846. The first-order chi connectivity index (χ1) is 6.78. The number of rotatable bonds is 1. The van der Waals surface area contributed by atoms with Crippen molar-refractivity contribution in [2.45, 2.75) is 6.36 Å². The van der Waals surface area contributed by atoms with Crippen LogP contribution in [0.1, 0.15) is 0 Å². The lowest BCUT2D eigenvalue weighted by Gasteiger charge is -2.04. The number of carbonyl (C=O) groups excluding carboxylic acids is 2. The van der Waals surface area contributed by atoms with Gasteiger partial charge in [0, 0.05) is 0 Å². The predicted molar refractivity (Wildman–Crippen MR) is 35.4 cm³/mol. The highest BCUT2D eigenvalue weighted by molar-refractivity contribution is 6.29. The Bertz CT molecular complexity index is 205. The molecular formula is C4H5BF3O7. The van der Waals surface area contributed by atoms with Crippen molar-refractivity contribution in [3.63, 3.8) is 0 Å². The lowest BCUT2D eigenvalue weighted by atomic mass is 10.5. The average molecular weight is 233 g/mol. The van der Waals surface area contributed by atoms with Gasteiger partial charge in [0.1, 0.15) is 0 Å². The van der Waals surface area contributed by atoms with Gasteiger partial charge in [-0.25, -0.2) is 9.59 Å². The minimum Gasteiger partial charge on any atom is -0.429 e. The number of carbonyl (C=O) groups is 2. The molecule has 0 spiro atoms. The van der Waals surface area contributed by atoms with Gasteiger partial charge in [0.25, 0.3) is 0 Å². The fourth-order valence-electron chi connectivity index (χ4n) is 0.256. The smallest absolute Gasteiger partial charge is 0.429 e. The second-order valence-electron chi connectivity index (χ2n) is 1.49. The molecule has 0 bridgehead atoms. The minimum atomic E-state index is -5.20. The molecule has 0 amide bonds. The summed E-state index contributed by atoms with van der Waals surface area (Å²) in [5.41, 5.74) is 0. The van der Waals surface area contributed by atoms with E-state index in [0.29, 0.717) is 0 Å². The first kappa shape index (κ1) is 16.1. The predicted octanol–water partition coefficient (Wildman–Crippen LogP) is -1.34. The standard InChI is InChI=1S/C4H3F3O5.BH2O2/c1-10-12-3(9)2(8)11-4(5,6)7;2-1-3/h1H3;2-3H. The zero-order valence-electron chi connectivity index (χ0n) is 7.15. The van der Waals surface area contributed by atoms with Crippen LogP contribution in [-0.4, -0.2) is 43.1 Å². The van der Waals surface area contributed by atoms with Crippen LogP contribution in [0.2, 0.25) is 0 Å². The number of alkyl halides is 3. The second-order valence-corrected chi connectivity index (χ2v) is 1.49. The van der Waals surface area contributed by atoms with Crippen molar-refractivity contribution >= 4 is 19.6 Å². The number of halogens is 3. The van der Waals surface area contributed by atoms with E-state index in [1.54, 1.807) is 0 Å². The van der Waals surface area contributed by atoms with Crippen LogP contribution in [0.15, 0.2) is 0 Å². The van der Waals surface area contributed by atoms with Crippen LogP contribution in [0.4, 0.5) is 13.2 Å². The third kappa shape index (κ3) is 12.7. The molecule has 0 rings (SSSR count). The van der Waals surface area contributed by atoms with Gasteiger partial charge in [0.2, 0.25) is 0 Å². The molecule has 15 heavy (non-hydrogen) atoms. The molecule has 0 aromatic rings. The number of ether oxygens (including phenoxy) is 1. The minimum absolute atomic E-state index is 0. The van der Waals surface area contributed by atoms with E-state index in [9.17, 15) is 22.8 Å². The third-order valence-electron chi connectivity index (χ3n) is 0.534. The highest BCUT2D eigenvalue weighted by Crippen LogP contribution is 2.16.